The number of benzene rings is 1. The van der Waals surface area contributed by atoms with Crippen molar-refractivity contribution >= 4 is 22.7 Å². The van der Waals surface area contributed by atoms with Crippen LogP contribution in [-0.2, 0) is 9.59 Å². The molecule has 7 nitrogen and oxygen atoms in total. The molecule has 2 saturated heterocycles. The van der Waals surface area contributed by atoms with Gasteiger partial charge in [0.25, 0.3) is 0 Å². The Morgan fingerprint density at radius 1 is 1.32 bits per heavy atom. The summed E-state index contributed by atoms with van der Waals surface area (Å²) in [5.74, 6) is -1.69. The molecule has 1 aromatic heterocycles. The molecule has 3 heterocycles. The second-order valence-electron chi connectivity index (χ2n) is 7.57. The number of likely N-dealkylation sites (N-methyl/N-ethyl adjacent to an activating group) is 1. The smallest absolute Gasteiger partial charge is 0.333 e. The van der Waals surface area contributed by atoms with E-state index in [4.69, 9.17) is 4.74 Å². The molecule has 0 amide bonds. The number of aliphatic carboxylic acids is 2. The van der Waals surface area contributed by atoms with Crippen molar-refractivity contribution in [3.8, 4) is 5.75 Å². The number of pyridine rings is 1. The van der Waals surface area contributed by atoms with Crippen LogP contribution in [-0.4, -0.2) is 56.8 Å². The van der Waals surface area contributed by atoms with Gasteiger partial charge in [0, 0.05) is 41.7 Å². The minimum absolute atomic E-state index is 0.0691. The zero-order valence-corrected chi connectivity index (χ0v) is 15.5. The van der Waals surface area contributed by atoms with Crippen LogP contribution in [0, 0.1) is 0 Å². The van der Waals surface area contributed by atoms with Crippen molar-refractivity contribution < 1.29 is 24.5 Å². The summed E-state index contributed by atoms with van der Waals surface area (Å²) in [6, 6.07) is 7.84. The van der Waals surface area contributed by atoms with Gasteiger partial charge in [-0.3, -0.25) is 9.88 Å². The maximum atomic E-state index is 11.9. The van der Waals surface area contributed by atoms with Gasteiger partial charge >= 0.3 is 11.9 Å². The lowest BCUT2D eigenvalue weighted by molar-refractivity contribution is -0.137. The fourth-order valence-electron chi connectivity index (χ4n) is 4.83. The standard InChI is InChI=1S/C21H22N2O5/c1-23-14-5-7-21(23,17(20(26)27)10-19(24)25)11-15(9-14)28-18-4-2-3-13-12-22-8-6-16(13)18/h2-4,6,8,10,12,14-15H,5,7,9,11H2,1H3,(H,24,25)(H,26,27)/b17-10-. The van der Waals surface area contributed by atoms with E-state index in [1.54, 1.807) is 12.4 Å². The SMILES string of the molecule is CN1C2CCC1(/C(=C\C(=O)O)C(=O)O)CC(Oc1cccc3cnccc13)C2. The quantitative estimate of drug-likeness (QED) is 0.767. The Bertz CT molecular complexity index is 967. The molecule has 2 fully saturated rings. The number of fused-ring (bicyclic) bond motifs is 3. The average molecular weight is 382 g/mol. The Morgan fingerprint density at radius 2 is 2.14 bits per heavy atom. The van der Waals surface area contributed by atoms with Crippen molar-refractivity contribution in [3.05, 3.63) is 48.3 Å². The topological polar surface area (TPSA) is 100.0 Å². The van der Waals surface area contributed by atoms with E-state index in [2.05, 4.69) is 4.98 Å². The summed E-state index contributed by atoms with van der Waals surface area (Å²) < 4.78 is 6.34. The first-order chi connectivity index (χ1) is 13.4. The maximum Gasteiger partial charge on any atom is 0.333 e. The fraction of sp³-hybridized carbons (Fsp3) is 0.381. The van der Waals surface area contributed by atoms with E-state index in [9.17, 15) is 19.8 Å². The predicted octanol–water partition coefficient (Wildman–Crippen LogP) is 2.70. The van der Waals surface area contributed by atoms with Gasteiger partial charge in [-0.25, -0.2) is 9.59 Å². The van der Waals surface area contributed by atoms with E-state index < -0.39 is 17.5 Å². The number of nitrogens with zero attached hydrogens (tertiary/aromatic N) is 2. The number of rotatable bonds is 5. The van der Waals surface area contributed by atoms with Crippen LogP contribution in [0.2, 0.25) is 0 Å². The summed E-state index contributed by atoms with van der Waals surface area (Å²) in [5.41, 5.74) is -0.898. The van der Waals surface area contributed by atoms with E-state index in [0.29, 0.717) is 12.8 Å². The van der Waals surface area contributed by atoms with Crippen LogP contribution in [0.15, 0.2) is 48.3 Å². The van der Waals surface area contributed by atoms with E-state index in [1.165, 1.54) is 0 Å². The van der Waals surface area contributed by atoms with Crippen molar-refractivity contribution in [2.45, 2.75) is 43.4 Å². The highest BCUT2D eigenvalue weighted by atomic mass is 16.5. The van der Waals surface area contributed by atoms with E-state index in [1.807, 2.05) is 36.2 Å². The molecular formula is C21H22N2O5. The van der Waals surface area contributed by atoms with Gasteiger partial charge < -0.3 is 14.9 Å². The van der Waals surface area contributed by atoms with Crippen LogP contribution >= 0.6 is 0 Å². The van der Waals surface area contributed by atoms with Crippen LogP contribution in [0.25, 0.3) is 10.8 Å². The molecule has 3 unspecified atom stereocenters. The first-order valence-corrected chi connectivity index (χ1v) is 9.31. The van der Waals surface area contributed by atoms with Crippen LogP contribution < -0.4 is 4.74 Å². The van der Waals surface area contributed by atoms with Crippen molar-refractivity contribution in [1.29, 1.82) is 0 Å². The molecule has 1 aromatic carbocycles. The molecule has 28 heavy (non-hydrogen) atoms. The largest absolute Gasteiger partial charge is 0.490 e. The lowest BCUT2D eigenvalue weighted by atomic mass is 9.80. The molecule has 3 atom stereocenters. The molecule has 2 aromatic rings. The second-order valence-corrected chi connectivity index (χ2v) is 7.57. The Balaban J connectivity index is 1.68. The minimum atomic E-state index is -1.24. The van der Waals surface area contributed by atoms with E-state index in [-0.39, 0.29) is 17.7 Å². The molecule has 2 aliphatic rings. The number of piperidine rings is 1. The summed E-state index contributed by atoms with van der Waals surface area (Å²) in [6.07, 6.45) is 6.78. The van der Waals surface area contributed by atoms with Crippen LogP contribution in [0.4, 0.5) is 0 Å². The van der Waals surface area contributed by atoms with Crippen LogP contribution in [0.5, 0.6) is 5.75 Å². The molecule has 0 spiro atoms. The highest BCUT2D eigenvalue weighted by Crippen LogP contribution is 2.48. The highest BCUT2D eigenvalue weighted by Gasteiger charge is 2.54. The minimum Gasteiger partial charge on any atom is -0.490 e. The third-order valence-electron chi connectivity index (χ3n) is 6.15. The monoisotopic (exact) mass is 382 g/mol. The molecule has 2 bridgehead atoms. The van der Waals surface area contributed by atoms with Gasteiger partial charge in [-0.2, -0.15) is 0 Å². The number of carboxylic acids is 2. The number of hydrogen-bond acceptors (Lipinski definition) is 5. The zero-order valence-electron chi connectivity index (χ0n) is 15.5. The average Bonchev–Trinajstić information content (AvgIpc) is 2.85. The van der Waals surface area contributed by atoms with Crippen molar-refractivity contribution in [2.75, 3.05) is 7.05 Å². The van der Waals surface area contributed by atoms with Gasteiger partial charge in [0.15, 0.2) is 0 Å². The second kappa shape index (κ2) is 6.91. The number of carbonyl (C=O) groups is 2. The number of ether oxygens (including phenoxy) is 1. The molecule has 2 aliphatic heterocycles. The molecular weight excluding hydrogens is 360 g/mol. The van der Waals surface area contributed by atoms with Gasteiger partial charge in [0.1, 0.15) is 11.9 Å². The first-order valence-electron chi connectivity index (χ1n) is 9.31. The Hall–Kier alpha value is -2.93. The van der Waals surface area contributed by atoms with Crippen molar-refractivity contribution in [2.24, 2.45) is 0 Å². The fourth-order valence-corrected chi connectivity index (χ4v) is 4.83. The Morgan fingerprint density at radius 3 is 2.89 bits per heavy atom. The highest BCUT2D eigenvalue weighted by molar-refractivity contribution is 5.96. The van der Waals surface area contributed by atoms with Crippen LogP contribution in [0.1, 0.15) is 25.7 Å². The molecule has 146 valence electrons. The molecule has 0 aliphatic carbocycles. The normalized spacial score (nSPS) is 27.7. The summed E-state index contributed by atoms with van der Waals surface area (Å²) >= 11 is 0. The van der Waals surface area contributed by atoms with Crippen molar-refractivity contribution in [3.63, 3.8) is 0 Å². The molecule has 7 heteroatoms. The van der Waals surface area contributed by atoms with Gasteiger partial charge in [-0.15, -0.1) is 0 Å². The van der Waals surface area contributed by atoms with E-state index in [0.717, 1.165) is 35.4 Å². The third kappa shape index (κ3) is 3.01. The molecule has 0 saturated carbocycles. The van der Waals surface area contributed by atoms with Gasteiger partial charge in [0.2, 0.25) is 0 Å². The Kier molecular flexibility index (Phi) is 4.55. The van der Waals surface area contributed by atoms with Gasteiger partial charge in [-0.05, 0) is 38.4 Å². The summed E-state index contributed by atoms with van der Waals surface area (Å²) in [7, 11) is 1.89. The van der Waals surface area contributed by atoms with Gasteiger partial charge in [-0.1, -0.05) is 12.1 Å². The lowest BCUT2D eigenvalue weighted by Crippen LogP contribution is -2.55. The summed E-state index contributed by atoms with van der Waals surface area (Å²) in [4.78, 5) is 29.3. The summed E-state index contributed by atoms with van der Waals surface area (Å²) in [5, 5.41) is 20.8. The number of aromatic nitrogens is 1. The zero-order chi connectivity index (χ0) is 19.9. The Labute approximate surface area is 162 Å². The maximum absolute atomic E-state index is 11.9. The third-order valence-corrected chi connectivity index (χ3v) is 6.15. The van der Waals surface area contributed by atoms with Crippen molar-refractivity contribution in [1.82, 2.24) is 9.88 Å². The molecule has 4 rings (SSSR count). The first kappa shape index (κ1) is 18.4. The number of carboxylic acid groups (broad SMARTS) is 2. The van der Waals surface area contributed by atoms with Crippen LogP contribution in [0.3, 0.4) is 0 Å². The molecule has 0 radical (unpaired) electrons. The summed E-state index contributed by atoms with van der Waals surface area (Å²) in [6.45, 7) is 0. The van der Waals surface area contributed by atoms with E-state index >= 15 is 0 Å². The predicted molar refractivity (Wildman–Crippen MR) is 102 cm³/mol. The van der Waals surface area contributed by atoms with Gasteiger partial charge in [0.05, 0.1) is 11.1 Å². The number of hydrogen-bond donors (Lipinski definition) is 2. The molecule has 2 N–H and O–H groups in total. The lowest BCUT2D eigenvalue weighted by Gasteiger charge is -2.46.